The Morgan fingerprint density at radius 3 is 2.49 bits per heavy atom. The van der Waals surface area contributed by atoms with Crippen LogP contribution >= 0.6 is 0 Å². The Hall–Kier alpha value is -4.81. The van der Waals surface area contributed by atoms with Crippen molar-refractivity contribution in [3.63, 3.8) is 0 Å². The van der Waals surface area contributed by atoms with Crippen LogP contribution in [0, 0.1) is 6.92 Å². The van der Waals surface area contributed by atoms with E-state index in [-0.39, 0.29) is 29.4 Å². The molecule has 0 saturated carbocycles. The fourth-order valence-electron chi connectivity index (χ4n) is 5.62. The van der Waals surface area contributed by atoms with Crippen LogP contribution in [0.5, 0.6) is 5.88 Å². The number of anilines is 1. The van der Waals surface area contributed by atoms with Crippen molar-refractivity contribution in [2.24, 2.45) is 0 Å². The number of aromatic nitrogens is 3. The minimum absolute atomic E-state index is 0.0825. The fraction of sp³-hybridized carbons (Fsp3) is 0.333. The predicted molar refractivity (Wildman–Crippen MR) is 170 cm³/mol. The molecule has 1 aliphatic heterocycles. The first kappa shape index (κ1) is 31.6. The Labute approximate surface area is 261 Å². The van der Waals surface area contributed by atoms with Gasteiger partial charge in [-0.05, 0) is 37.6 Å². The molecule has 3 amide bonds. The van der Waals surface area contributed by atoms with Crippen molar-refractivity contribution in [1.82, 2.24) is 30.3 Å². The standard InChI is InChI=1S/C33H38FN7O4/c1-4-35-31(42)26-17-24(18-36-32(26)45-21-34)29-22(2)30(41(39-29)25-13-9-6-10-14-25)38-33(43)37-28-20-40(15-16-44-3)19-27(28)23-11-7-5-8-12-23/h5-14,17-18,27-28H,4,15-16,19-21H2,1-3H3,(H,35,42)(H2,37,38,43)/t27-,28+/m0/s1. The summed E-state index contributed by atoms with van der Waals surface area (Å²) >= 11 is 0. The molecule has 0 spiro atoms. The van der Waals surface area contributed by atoms with E-state index in [1.807, 2.05) is 55.5 Å². The second-order valence-electron chi connectivity index (χ2n) is 10.7. The highest BCUT2D eigenvalue weighted by molar-refractivity contribution is 5.98. The molecule has 5 rings (SSSR count). The maximum absolute atomic E-state index is 13.7. The second kappa shape index (κ2) is 14.8. The van der Waals surface area contributed by atoms with Gasteiger partial charge in [0.05, 0.1) is 24.0 Å². The van der Waals surface area contributed by atoms with E-state index in [1.54, 1.807) is 24.8 Å². The van der Waals surface area contributed by atoms with E-state index in [9.17, 15) is 14.0 Å². The van der Waals surface area contributed by atoms with Gasteiger partial charge in [0.2, 0.25) is 12.7 Å². The SMILES string of the molecule is CCNC(=O)c1cc(-c2nn(-c3ccccc3)c(NC(=O)N[C@@H]3CN(CCOC)C[C@H]3c3ccccc3)c2C)cnc1OCF. The lowest BCUT2D eigenvalue weighted by Gasteiger charge is -2.21. The van der Waals surface area contributed by atoms with Crippen LogP contribution < -0.4 is 20.7 Å². The predicted octanol–water partition coefficient (Wildman–Crippen LogP) is 4.53. The van der Waals surface area contributed by atoms with Gasteiger partial charge in [0, 0.05) is 56.5 Å². The third-order valence-electron chi connectivity index (χ3n) is 7.80. The van der Waals surface area contributed by atoms with Crippen molar-refractivity contribution < 1.29 is 23.5 Å². The van der Waals surface area contributed by atoms with E-state index < -0.39 is 12.8 Å². The number of carbonyl (C=O) groups is 2. The number of likely N-dealkylation sites (tertiary alicyclic amines) is 1. The molecule has 2 aromatic heterocycles. The van der Waals surface area contributed by atoms with E-state index in [2.05, 4.69) is 38.0 Å². The number of hydrogen-bond acceptors (Lipinski definition) is 7. The van der Waals surface area contributed by atoms with Crippen molar-refractivity contribution in [2.45, 2.75) is 25.8 Å². The number of nitrogens with one attached hydrogen (secondary N) is 3. The number of nitrogens with zero attached hydrogens (tertiary/aromatic N) is 4. The smallest absolute Gasteiger partial charge is 0.320 e. The van der Waals surface area contributed by atoms with Crippen molar-refractivity contribution in [3.8, 4) is 22.8 Å². The number of benzene rings is 2. The quantitative estimate of drug-likeness (QED) is 0.214. The number of rotatable bonds is 12. The number of carbonyl (C=O) groups excluding carboxylic acids is 2. The van der Waals surface area contributed by atoms with E-state index >= 15 is 0 Å². The molecule has 1 saturated heterocycles. The maximum Gasteiger partial charge on any atom is 0.320 e. The lowest BCUT2D eigenvalue weighted by molar-refractivity contribution is 0.0946. The number of halogens is 1. The summed E-state index contributed by atoms with van der Waals surface area (Å²) in [5.41, 5.74) is 3.62. The third-order valence-corrected chi connectivity index (χ3v) is 7.80. The molecule has 4 aromatic rings. The molecule has 3 heterocycles. The van der Waals surface area contributed by atoms with Gasteiger partial charge in [-0.3, -0.25) is 15.0 Å². The molecule has 2 atom stereocenters. The van der Waals surface area contributed by atoms with E-state index in [0.717, 1.165) is 24.3 Å². The van der Waals surface area contributed by atoms with Crippen LogP contribution in [0.3, 0.4) is 0 Å². The largest absolute Gasteiger partial charge is 0.445 e. The number of hydrogen-bond donors (Lipinski definition) is 3. The van der Waals surface area contributed by atoms with E-state index in [1.165, 1.54) is 6.20 Å². The van der Waals surface area contributed by atoms with Crippen molar-refractivity contribution in [1.29, 1.82) is 0 Å². The Balaban J connectivity index is 1.46. The van der Waals surface area contributed by atoms with Crippen LogP contribution in [-0.4, -0.2) is 84.4 Å². The lowest BCUT2D eigenvalue weighted by atomic mass is 9.94. The van der Waals surface area contributed by atoms with Gasteiger partial charge in [-0.15, -0.1) is 0 Å². The number of ether oxygens (including phenoxy) is 2. The highest BCUT2D eigenvalue weighted by Gasteiger charge is 2.35. The molecule has 236 valence electrons. The first-order chi connectivity index (χ1) is 21.9. The van der Waals surface area contributed by atoms with Crippen molar-refractivity contribution in [2.75, 3.05) is 52.1 Å². The van der Waals surface area contributed by atoms with Gasteiger partial charge in [0.1, 0.15) is 11.4 Å². The number of pyridine rings is 1. The highest BCUT2D eigenvalue weighted by Crippen LogP contribution is 2.33. The van der Waals surface area contributed by atoms with Crippen LogP contribution in [0.15, 0.2) is 72.9 Å². The first-order valence-corrected chi connectivity index (χ1v) is 14.9. The zero-order valence-electron chi connectivity index (χ0n) is 25.6. The third kappa shape index (κ3) is 7.30. The number of methoxy groups -OCH3 is 1. The summed E-state index contributed by atoms with van der Waals surface area (Å²) in [5.74, 6) is 0.00236. The summed E-state index contributed by atoms with van der Waals surface area (Å²) < 4.78 is 25.0. The molecule has 1 aliphatic rings. The zero-order valence-corrected chi connectivity index (χ0v) is 25.6. The molecule has 0 bridgehead atoms. The van der Waals surface area contributed by atoms with Crippen LogP contribution in [-0.2, 0) is 4.74 Å². The topological polar surface area (TPSA) is 123 Å². The molecule has 11 nitrogen and oxygen atoms in total. The van der Waals surface area contributed by atoms with Crippen molar-refractivity contribution >= 4 is 17.8 Å². The monoisotopic (exact) mass is 615 g/mol. The number of para-hydroxylation sites is 1. The Kier molecular flexibility index (Phi) is 10.4. The average Bonchev–Trinajstić information content (AvgIpc) is 3.61. The molecule has 12 heteroatoms. The summed E-state index contributed by atoms with van der Waals surface area (Å²) in [6, 6.07) is 20.7. The Morgan fingerprint density at radius 2 is 1.80 bits per heavy atom. The van der Waals surface area contributed by atoms with E-state index in [0.29, 0.717) is 42.3 Å². The average molecular weight is 616 g/mol. The van der Waals surface area contributed by atoms with Crippen LogP contribution in [0.2, 0.25) is 0 Å². The zero-order chi connectivity index (χ0) is 31.8. The molecular formula is C33H38FN7O4. The van der Waals surface area contributed by atoms with Gasteiger partial charge in [-0.25, -0.2) is 18.9 Å². The molecule has 0 unspecified atom stereocenters. The van der Waals surface area contributed by atoms with Gasteiger partial charge in [0.25, 0.3) is 5.91 Å². The number of alkyl halides is 1. The molecule has 2 aromatic carbocycles. The molecular weight excluding hydrogens is 577 g/mol. The Morgan fingerprint density at radius 1 is 1.07 bits per heavy atom. The summed E-state index contributed by atoms with van der Waals surface area (Å²) in [5, 5.41) is 13.8. The normalized spacial score (nSPS) is 16.4. The van der Waals surface area contributed by atoms with Gasteiger partial charge in [0.15, 0.2) is 0 Å². The fourth-order valence-corrected chi connectivity index (χ4v) is 5.62. The minimum Gasteiger partial charge on any atom is -0.445 e. The molecule has 0 aliphatic carbocycles. The van der Waals surface area contributed by atoms with Gasteiger partial charge in [-0.1, -0.05) is 48.5 Å². The molecule has 3 N–H and O–H groups in total. The molecule has 0 radical (unpaired) electrons. The summed E-state index contributed by atoms with van der Waals surface area (Å²) in [6.07, 6.45) is 1.47. The molecule has 1 fully saturated rings. The minimum atomic E-state index is -1.13. The number of amides is 3. The van der Waals surface area contributed by atoms with E-state index in [4.69, 9.17) is 14.6 Å². The van der Waals surface area contributed by atoms with Crippen LogP contribution in [0.1, 0.15) is 34.3 Å². The first-order valence-electron chi connectivity index (χ1n) is 14.9. The van der Waals surface area contributed by atoms with Crippen LogP contribution in [0.4, 0.5) is 15.0 Å². The second-order valence-corrected chi connectivity index (χ2v) is 10.7. The molecule has 45 heavy (non-hydrogen) atoms. The number of urea groups is 1. The maximum atomic E-state index is 13.7. The van der Waals surface area contributed by atoms with Gasteiger partial charge in [-0.2, -0.15) is 5.10 Å². The highest BCUT2D eigenvalue weighted by atomic mass is 19.1. The van der Waals surface area contributed by atoms with Crippen molar-refractivity contribution in [3.05, 3.63) is 89.6 Å². The van der Waals surface area contributed by atoms with Gasteiger partial charge >= 0.3 is 6.03 Å². The van der Waals surface area contributed by atoms with Gasteiger partial charge < -0.3 is 20.1 Å². The summed E-state index contributed by atoms with van der Waals surface area (Å²) in [7, 11) is 1.68. The summed E-state index contributed by atoms with van der Waals surface area (Å²) in [4.78, 5) is 32.9. The lowest BCUT2D eigenvalue weighted by Crippen LogP contribution is -2.42. The Bertz CT molecular complexity index is 1600. The summed E-state index contributed by atoms with van der Waals surface area (Å²) in [6.45, 7) is 5.72. The van der Waals surface area contributed by atoms with Crippen LogP contribution in [0.25, 0.3) is 16.9 Å².